The minimum Gasteiger partial charge on any atom is -0.0772 e. The fourth-order valence-electron chi connectivity index (χ4n) is 10.5. The van der Waals surface area contributed by atoms with Crippen LogP contribution in [0, 0.1) is 0 Å². The van der Waals surface area contributed by atoms with Gasteiger partial charge in [0, 0.05) is 31.2 Å². The lowest BCUT2D eigenvalue weighted by Gasteiger charge is -2.18. The average molecular weight is 821 g/mol. The predicted octanol–water partition coefficient (Wildman–Crippen LogP) is 18.7. The highest BCUT2D eigenvalue weighted by Crippen LogP contribution is 2.59. The van der Waals surface area contributed by atoms with Gasteiger partial charge in [0.1, 0.15) is 0 Å². The summed E-state index contributed by atoms with van der Waals surface area (Å²) in [4.78, 5) is 0. The molecule has 13 rings (SSSR count). The molecule has 13 aromatic rings. The Bertz CT molecular complexity index is 3690. The third kappa shape index (κ3) is 5.35. The Labute approximate surface area is 362 Å². The summed E-state index contributed by atoms with van der Waals surface area (Å²) in [6.45, 7) is 0. The van der Waals surface area contributed by atoms with Crippen molar-refractivity contribution >= 4 is 89.4 Å². The lowest BCUT2D eigenvalue weighted by atomic mass is 9.85. The summed E-state index contributed by atoms with van der Waals surface area (Å²) in [7, 11) is -1.38. The SMILES string of the molecule is c1ccc(-p2c3ccccc3c3c(-c4cccc5c(-c6ccc7ccccc7c6)c6cccc(-c7cccc8c7c7ccccc7p8-c7ccccc7)c6cc45)cccc32)cc1. The van der Waals surface area contributed by atoms with E-state index in [0.717, 1.165) is 0 Å². The molecule has 62 heavy (non-hydrogen) atoms. The van der Waals surface area contributed by atoms with Crippen LogP contribution < -0.4 is 0 Å². The first-order valence-electron chi connectivity index (χ1n) is 21.4. The van der Waals surface area contributed by atoms with Gasteiger partial charge in [-0.25, -0.2) is 0 Å². The molecular formula is C60H38P2. The van der Waals surface area contributed by atoms with Crippen LogP contribution in [0.15, 0.2) is 231 Å². The second-order valence-corrected chi connectivity index (χ2v) is 20.7. The molecule has 0 amide bonds. The lowest BCUT2D eigenvalue weighted by molar-refractivity contribution is 1.68. The topological polar surface area (TPSA) is 0 Å². The van der Waals surface area contributed by atoms with E-state index in [4.69, 9.17) is 0 Å². The van der Waals surface area contributed by atoms with Gasteiger partial charge in [0.25, 0.3) is 0 Å². The van der Waals surface area contributed by atoms with Gasteiger partial charge < -0.3 is 0 Å². The van der Waals surface area contributed by atoms with Crippen LogP contribution in [0.25, 0.3) is 118 Å². The second kappa shape index (κ2) is 14.2. The van der Waals surface area contributed by atoms with Gasteiger partial charge in [-0.1, -0.05) is 221 Å². The van der Waals surface area contributed by atoms with Crippen LogP contribution >= 0.6 is 15.1 Å². The third-order valence-electron chi connectivity index (χ3n) is 13.1. The summed E-state index contributed by atoms with van der Waals surface area (Å²) in [6, 6.07) is 86.9. The fraction of sp³-hybridized carbons (Fsp3) is 0. The summed E-state index contributed by atoms with van der Waals surface area (Å²) in [5, 5.41) is 21.6. The molecule has 2 heteroatoms. The van der Waals surface area contributed by atoms with Gasteiger partial charge in [-0.2, -0.15) is 0 Å². The maximum absolute atomic E-state index is 2.53. The average Bonchev–Trinajstić information content (AvgIpc) is 3.87. The van der Waals surface area contributed by atoms with Gasteiger partial charge in [-0.05, 0) is 111 Å². The summed E-state index contributed by atoms with van der Waals surface area (Å²) in [6.07, 6.45) is 0. The third-order valence-corrected chi connectivity index (χ3v) is 18.2. The zero-order valence-corrected chi connectivity index (χ0v) is 35.6. The van der Waals surface area contributed by atoms with Crippen LogP contribution in [-0.4, -0.2) is 0 Å². The summed E-state index contributed by atoms with van der Waals surface area (Å²) < 4.78 is 0. The molecule has 2 heterocycles. The standard InChI is InChI=1S/C60H38P2/c1-3-19-42(20-4-1)61-54-31-11-9-23-50(54)59-46(29-15-33-56(59)61)44-25-13-27-48-52(44)38-53-45(26-14-28-49(53)58(48)41-36-35-39-17-7-8-18-40(39)37-41)47-30-16-34-57-60(47)51-24-10-12-32-55(51)62(57)43-21-5-2-6-22-43/h1-38H. The molecular weight excluding hydrogens is 783 g/mol. The molecule has 0 bridgehead atoms. The molecule has 0 saturated heterocycles. The molecule has 2 aromatic heterocycles. The van der Waals surface area contributed by atoms with Crippen molar-refractivity contribution in [1.82, 2.24) is 0 Å². The van der Waals surface area contributed by atoms with Crippen molar-refractivity contribution < 1.29 is 0 Å². The smallest absolute Gasteiger partial charge is 0.00745 e. The van der Waals surface area contributed by atoms with E-state index in [-0.39, 0.29) is 0 Å². The monoisotopic (exact) mass is 820 g/mol. The van der Waals surface area contributed by atoms with Crippen LogP contribution in [0.5, 0.6) is 0 Å². The van der Waals surface area contributed by atoms with Crippen molar-refractivity contribution in [2.24, 2.45) is 0 Å². The van der Waals surface area contributed by atoms with Gasteiger partial charge in [-0.15, -0.1) is 0 Å². The molecule has 0 aliphatic rings. The van der Waals surface area contributed by atoms with Crippen LogP contribution in [0.1, 0.15) is 0 Å². The molecule has 0 aliphatic carbocycles. The molecule has 0 fully saturated rings. The molecule has 0 aliphatic heterocycles. The van der Waals surface area contributed by atoms with Gasteiger partial charge in [0.15, 0.2) is 0 Å². The van der Waals surface area contributed by atoms with Crippen LogP contribution in [0.2, 0.25) is 0 Å². The van der Waals surface area contributed by atoms with E-state index < -0.39 is 15.1 Å². The van der Waals surface area contributed by atoms with Crippen molar-refractivity contribution in [1.29, 1.82) is 0 Å². The van der Waals surface area contributed by atoms with E-state index in [1.54, 1.807) is 0 Å². The molecule has 0 radical (unpaired) electrons. The number of benzene rings is 11. The van der Waals surface area contributed by atoms with Gasteiger partial charge in [-0.3, -0.25) is 0 Å². The highest BCUT2D eigenvalue weighted by atomic mass is 31.1. The van der Waals surface area contributed by atoms with Crippen LogP contribution in [0.4, 0.5) is 0 Å². The van der Waals surface area contributed by atoms with Crippen molar-refractivity contribution in [3.05, 3.63) is 231 Å². The quantitative estimate of drug-likeness (QED) is 0.152. The highest BCUT2D eigenvalue weighted by Gasteiger charge is 2.22. The molecule has 0 nitrogen and oxygen atoms in total. The van der Waals surface area contributed by atoms with Crippen molar-refractivity contribution in [2.45, 2.75) is 0 Å². The fourth-order valence-corrected chi connectivity index (χ4v) is 15.8. The van der Waals surface area contributed by atoms with E-state index in [2.05, 4.69) is 231 Å². The Morgan fingerprint density at radius 2 is 0.661 bits per heavy atom. The van der Waals surface area contributed by atoms with Crippen molar-refractivity contribution in [3.63, 3.8) is 0 Å². The molecule has 0 saturated carbocycles. The summed E-state index contributed by atoms with van der Waals surface area (Å²) in [5.74, 6) is 0. The molecule has 0 spiro atoms. The largest absolute Gasteiger partial charge is 0.0772 e. The first-order valence-corrected chi connectivity index (χ1v) is 24.1. The van der Waals surface area contributed by atoms with Crippen LogP contribution in [-0.2, 0) is 0 Å². The van der Waals surface area contributed by atoms with Crippen molar-refractivity contribution in [2.75, 3.05) is 0 Å². The minimum atomic E-state index is -0.688. The first-order chi connectivity index (χ1) is 30.8. The summed E-state index contributed by atoms with van der Waals surface area (Å²) in [5.41, 5.74) is 7.66. The van der Waals surface area contributed by atoms with Gasteiger partial charge >= 0.3 is 0 Å². The van der Waals surface area contributed by atoms with E-state index in [1.807, 2.05) is 0 Å². The van der Waals surface area contributed by atoms with E-state index in [1.165, 1.54) is 118 Å². The first kappa shape index (κ1) is 35.5. The number of fused-ring (bicyclic) bond motifs is 9. The van der Waals surface area contributed by atoms with Crippen LogP contribution in [0.3, 0.4) is 0 Å². The number of hydrogen-bond acceptors (Lipinski definition) is 0. The van der Waals surface area contributed by atoms with E-state index >= 15 is 0 Å². The normalized spacial score (nSPS) is 12.5. The van der Waals surface area contributed by atoms with E-state index in [0.29, 0.717) is 0 Å². The summed E-state index contributed by atoms with van der Waals surface area (Å²) >= 11 is 0. The highest BCUT2D eigenvalue weighted by molar-refractivity contribution is 7.68. The van der Waals surface area contributed by atoms with Gasteiger partial charge in [0.05, 0.1) is 0 Å². The molecule has 0 N–H and O–H groups in total. The minimum absolute atomic E-state index is 0.688. The van der Waals surface area contributed by atoms with Gasteiger partial charge in [0.2, 0.25) is 0 Å². The Morgan fingerprint density at radius 3 is 1.21 bits per heavy atom. The van der Waals surface area contributed by atoms with E-state index in [9.17, 15) is 0 Å². The molecule has 288 valence electrons. The molecule has 2 atom stereocenters. The maximum Gasteiger partial charge on any atom is 0.00745 e. The Kier molecular flexibility index (Phi) is 8.14. The number of rotatable bonds is 5. The number of hydrogen-bond donors (Lipinski definition) is 0. The molecule has 11 aromatic carbocycles. The predicted molar refractivity (Wildman–Crippen MR) is 273 cm³/mol. The Balaban J connectivity index is 1.16. The zero-order chi connectivity index (χ0) is 40.7. The van der Waals surface area contributed by atoms with Crippen molar-refractivity contribution in [3.8, 4) is 44.0 Å². The lowest BCUT2D eigenvalue weighted by Crippen LogP contribution is -1.91. The second-order valence-electron chi connectivity index (χ2n) is 16.4. The zero-order valence-electron chi connectivity index (χ0n) is 33.8. The Morgan fingerprint density at radius 1 is 0.242 bits per heavy atom. The maximum atomic E-state index is 2.53. The molecule has 2 unspecified atom stereocenters. The Hall–Kier alpha value is -7.20.